The standard InChI is InChI=1S/C13H10Cl2S/c14-13(15)11-8-4-5-9-12(11)16-10-6-2-1-3-7-10/h1-9,13H. The van der Waals surface area contributed by atoms with Gasteiger partial charge in [-0.15, -0.1) is 23.2 Å². The minimum Gasteiger partial charge on any atom is -0.100 e. The Kier molecular flexibility index (Phi) is 4.16. The van der Waals surface area contributed by atoms with Crippen molar-refractivity contribution in [3.8, 4) is 0 Å². The summed E-state index contributed by atoms with van der Waals surface area (Å²) in [6.45, 7) is 0. The summed E-state index contributed by atoms with van der Waals surface area (Å²) in [5, 5.41) is 0. The highest BCUT2D eigenvalue weighted by molar-refractivity contribution is 7.99. The van der Waals surface area contributed by atoms with Crippen LogP contribution in [0.25, 0.3) is 0 Å². The van der Waals surface area contributed by atoms with Crippen molar-refractivity contribution in [3.63, 3.8) is 0 Å². The molecule has 0 bridgehead atoms. The molecule has 2 rings (SSSR count). The Morgan fingerprint density at radius 1 is 0.812 bits per heavy atom. The van der Waals surface area contributed by atoms with E-state index in [0.717, 1.165) is 10.5 Å². The predicted octanol–water partition coefficient (Wildman–Crippen LogP) is 5.31. The molecule has 3 heteroatoms. The summed E-state index contributed by atoms with van der Waals surface area (Å²) >= 11 is 13.5. The lowest BCUT2D eigenvalue weighted by Crippen LogP contribution is -1.85. The first-order chi connectivity index (χ1) is 7.77. The molecule has 0 aliphatic heterocycles. The van der Waals surface area contributed by atoms with Crippen LogP contribution in [0.4, 0.5) is 0 Å². The molecule has 0 fully saturated rings. The molecule has 2 aromatic carbocycles. The van der Waals surface area contributed by atoms with Crippen LogP contribution in [0.2, 0.25) is 0 Å². The van der Waals surface area contributed by atoms with Crippen molar-refractivity contribution in [1.29, 1.82) is 0 Å². The fraction of sp³-hybridized carbons (Fsp3) is 0.0769. The zero-order valence-electron chi connectivity index (χ0n) is 8.44. The van der Waals surface area contributed by atoms with Gasteiger partial charge in [0, 0.05) is 9.79 Å². The molecular weight excluding hydrogens is 259 g/mol. The molecule has 0 nitrogen and oxygen atoms in total. The first-order valence-corrected chi connectivity index (χ1v) is 6.56. The van der Waals surface area contributed by atoms with Crippen molar-refractivity contribution >= 4 is 35.0 Å². The van der Waals surface area contributed by atoms with E-state index in [2.05, 4.69) is 12.1 Å². The van der Waals surface area contributed by atoms with E-state index >= 15 is 0 Å². The summed E-state index contributed by atoms with van der Waals surface area (Å²) in [6, 6.07) is 18.1. The Morgan fingerprint density at radius 2 is 1.44 bits per heavy atom. The minimum atomic E-state index is -0.479. The highest BCUT2D eigenvalue weighted by atomic mass is 35.5. The summed E-state index contributed by atoms with van der Waals surface area (Å²) in [5.74, 6) is 0. The van der Waals surface area contributed by atoms with E-state index in [1.165, 1.54) is 4.90 Å². The third kappa shape index (κ3) is 2.94. The monoisotopic (exact) mass is 268 g/mol. The van der Waals surface area contributed by atoms with Crippen molar-refractivity contribution in [2.24, 2.45) is 0 Å². The van der Waals surface area contributed by atoms with Gasteiger partial charge in [0.2, 0.25) is 0 Å². The first kappa shape index (κ1) is 11.8. The van der Waals surface area contributed by atoms with Crippen molar-refractivity contribution < 1.29 is 0 Å². The molecule has 16 heavy (non-hydrogen) atoms. The lowest BCUT2D eigenvalue weighted by atomic mass is 10.2. The van der Waals surface area contributed by atoms with Crippen LogP contribution in [-0.4, -0.2) is 0 Å². The van der Waals surface area contributed by atoms with Gasteiger partial charge in [0.05, 0.1) is 0 Å². The van der Waals surface area contributed by atoms with Crippen LogP contribution in [0.5, 0.6) is 0 Å². The zero-order valence-corrected chi connectivity index (χ0v) is 10.8. The van der Waals surface area contributed by atoms with Crippen LogP contribution in [0, 0.1) is 0 Å². The lowest BCUT2D eigenvalue weighted by molar-refractivity contribution is 1.22. The summed E-state index contributed by atoms with van der Waals surface area (Å²) in [4.78, 5) is 1.81. The van der Waals surface area contributed by atoms with Gasteiger partial charge < -0.3 is 0 Å². The highest BCUT2D eigenvalue weighted by Crippen LogP contribution is 2.36. The Hall–Kier alpha value is -0.630. The average molecular weight is 269 g/mol. The Bertz CT molecular complexity index is 454. The molecule has 0 heterocycles. The Labute approximate surface area is 110 Å². The van der Waals surface area contributed by atoms with Crippen LogP contribution in [0.1, 0.15) is 10.4 Å². The second kappa shape index (κ2) is 5.62. The van der Waals surface area contributed by atoms with Crippen LogP contribution in [0.3, 0.4) is 0 Å². The third-order valence-corrected chi connectivity index (χ3v) is 3.69. The molecule has 0 aromatic heterocycles. The van der Waals surface area contributed by atoms with Gasteiger partial charge in [0.1, 0.15) is 4.84 Å². The molecule has 0 N–H and O–H groups in total. The lowest BCUT2D eigenvalue weighted by Gasteiger charge is -2.09. The maximum Gasteiger partial charge on any atom is 0.133 e. The molecule has 0 aliphatic rings. The molecule has 0 aliphatic carbocycles. The van der Waals surface area contributed by atoms with E-state index in [4.69, 9.17) is 23.2 Å². The van der Waals surface area contributed by atoms with E-state index < -0.39 is 4.84 Å². The van der Waals surface area contributed by atoms with Crippen LogP contribution in [-0.2, 0) is 0 Å². The summed E-state index contributed by atoms with van der Waals surface area (Å²) < 4.78 is 0. The van der Waals surface area contributed by atoms with Gasteiger partial charge in [-0.1, -0.05) is 48.2 Å². The van der Waals surface area contributed by atoms with Crippen molar-refractivity contribution in [3.05, 3.63) is 60.2 Å². The van der Waals surface area contributed by atoms with E-state index in [0.29, 0.717) is 0 Å². The number of hydrogen-bond donors (Lipinski definition) is 0. The van der Waals surface area contributed by atoms with E-state index in [-0.39, 0.29) is 0 Å². The van der Waals surface area contributed by atoms with Gasteiger partial charge >= 0.3 is 0 Å². The van der Waals surface area contributed by atoms with Gasteiger partial charge in [-0.3, -0.25) is 0 Å². The van der Waals surface area contributed by atoms with Crippen molar-refractivity contribution in [2.45, 2.75) is 14.6 Å². The molecule has 0 saturated carbocycles. The smallest absolute Gasteiger partial charge is 0.100 e. The van der Waals surface area contributed by atoms with Gasteiger partial charge in [-0.05, 0) is 23.8 Å². The molecule has 0 amide bonds. The molecule has 0 atom stereocenters. The van der Waals surface area contributed by atoms with Gasteiger partial charge in [0.15, 0.2) is 0 Å². The van der Waals surface area contributed by atoms with Crippen LogP contribution < -0.4 is 0 Å². The molecule has 82 valence electrons. The maximum atomic E-state index is 5.93. The fourth-order valence-electron chi connectivity index (χ4n) is 1.37. The fourth-order valence-corrected chi connectivity index (χ4v) is 2.88. The third-order valence-electron chi connectivity index (χ3n) is 2.13. The van der Waals surface area contributed by atoms with Gasteiger partial charge in [-0.2, -0.15) is 0 Å². The summed E-state index contributed by atoms with van der Waals surface area (Å²) in [5.41, 5.74) is 0.958. The normalized spacial score (nSPS) is 10.7. The SMILES string of the molecule is ClC(Cl)c1ccccc1Sc1ccccc1. The number of halogens is 2. The number of alkyl halides is 2. The maximum absolute atomic E-state index is 5.93. The van der Waals surface area contributed by atoms with E-state index in [9.17, 15) is 0 Å². The Morgan fingerprint density at radius 3 is 2.12 bits per heavy atom. The predicted molar refractivity (Wildman–Crippen MR) is 71.5 cm³/mol. The van der Waals surface area contributed by atoms with E-state index in [1.54, 1.807) is 11.8 Å². The first-order valence-electron chi connectivity index (χ1n) is 4.87. The van der Waals surface area contributed by atoms with Crippen molar-refractivity contribution in [2.75, 3.05) is 0 Å². The zero-order chi connectivity index (χ0) is 11.4. The van der Waals surface area contributed by atoms with Crippen LogP contribution in [0.15, 0.2) is 64.4 Å². The van der Waals surface area contributed by atoms with E-state index in [1.807, 2.05) is 42.5 Å². The second-order valence-corrected chi connectivity index (χ2v) is 5.47. The van der Waals surface area contributed by atoms with Gasteiger partial charge in [-0.25, -0.2) is 0 Å². The summed E-state index contributed by atoms with van der Waals surface area (Å²) in [6.07, 6.45) is 0. The Balaban J connectivity index is 2.28. The van der Waals surface area contributed by atoms with Gasteiger partial charge in [0.25, 0.3) is 0 Å². The molecule has 0 radical (unpaired) electrons. The topological polar surface area (TPSA) is 0 Å². The number of benzene rings is 2. The molecule has 0 spiro atoms. The molecule has 0 saturated heterocycles. The van der Waals surface area contributed by atoms with Crippen molar-refractivity contribution in [1.82, 2.24) is 0 Å². The molecular formula is C13H10Cl2S. The molecule has 2 aromatic rings. The largest absolute Gasteiger partial charge is 0.133 e. The number of hydrogen-bond acceptors (Lipinski definition) is 1. The van der Waals surface area contributed by atoms with Crippen LogP contribution >= 0.6 is 35.0 Å². The summed E-state index contributed by atoms with van der Waals surface area (Å²) in [7, 11) is 0. The highest BCUT2D eigenvalue weighted by Gasteiger charge is 2.09. The molecule has 0 unspecified atom stereocenters. The minimum absolute atomic E-state index is 0.479. The quantitative estimate of drug-likeness (QED) is 0.680. The number of rotatable bonds is 3. The average Bonchev–Trinajstić information content (AvgIpc) is 2.31. The second-order valence-electron chi connectivity index (χ2n) is 3.25.